The van der Waals surface area contributed by atoms with Crippen LogP contribution in [0.15, 0.2) is 59.4 Å². The number of aromatic nitrogens is 2. The van der Waals surface area contributed by atoms with Gasteiger partial charge < -0.3 is 9.47 Å². The fourth-order valence-electron chi connectivity index (χ4n) is 4.37. The number of hydrogen-bond donors (Lipinski definition) is 0. The Hall–Kier alpha value is -2.99. The van der Waals surface area contributed by atoms with E-state index in [-0.39, 0.29) is 11.4 Å². The molecule has 0 saturated carbocycles. The van der Waals surface area contributed by atoms with Crippen molar-refractivity contribution in [2.75, 3.05) is 18.0 Å². The van der Waals surface area contributed by atoms with Gasteiger partial charge in [-0.3, -0.25) is 9.69 Å². The van der Waals surface area contributed by atoms with Gasteiger partial charge in [-0.1, -0.05) is 42.5 Å². The van der Waals surface area contributed by atoms with Gasteiger partial charge in [0, 0.05) is 51.4 Å². The highest BCUT2D eigenvalue weighted by Gasteiger charge is 2.29. The summed E-state index contributed by atoms with van der Waals surface area (Å²) in [6.45, 7) is 4.71. The number of fused-ring (bicyclic) bond motifs is 3. The third kappa shape index (κ3) is 3.56. The first-order chi connectivity index (χ1) is 14.2. The Morgan fingerprint density at radius 1 is 0.897 bits per heavy atom. The van der Waals surface area contributed by atoms with E-state index in [0.717, 1.165) is 55.4 Å². The van der Waals surface area contributed by atoms with Crippen LogP contribution in [-0.2, 0) is 32.6 Å². The van der Waals surface area contributed by atoms with E-state index in [0.29, 0.717) is 13.1 Å². The summed E-state index contributed by atoms with van der Waals surface area (Å²) in [6.07, 6.45) is 0.858. The molecular weight excluding hydrogens is 367 g/mol. The average molecular weight is 390 g/mol. The van der Waals surface area contributed by atoms with Crippen molar-refractivity contribution in [1.82, 2.24) is 14.5 Å². The molecule has 0 radical (unpaired) electrons. The SMILES string of the molecule is O=c1nc2n(c3c1CN(Cc1ccccc1)CC3)CCN2Cc1ccc(F)cc1. The Balaban J connectivity index is 1.38. The lowest BCUT2D eigenvalue weighted by molar-refractivity contribution is 0.239. The minimum atomic E-state index is -0.237. The molecule has 2 aliphatic rings. The molecule has 3 aromatic rings. The molecule has 1 aromatic heterocycles. The van der Waals surface area contributed by atoms with Crippen molar-refractivity contribution in [1.29, 1.82) is 0 Å². The summed E-state index contributed by atoms with van der Waals surface area (Å²) in [5.74, 6) is 0.508. The van der Waals surface area contributed by atoms with Crippen molar-refractivity contribution in [3.05, 3.63) is 93.2 Å². The van der Waals surface area contributed by atoms with Crippen LogP contribution in [0, 0.1) is 5.82 Å². The molecule has 0 unspecified atom stereocenters. The first-order valence-electron chi connectivity index (χ1n) is 10.1. The van der Waals surface area contributed by atoms with Crippen LogP contribution < -0.4 is 10.5 Å². The van der Waals surface area contributed by atoms with Gasteiger partial charge in [0.25, 0.3) is 5.56 Å². The second-order valence-corrected chi connectivity index (χ2v) is 7.79. The highest BCUT2D eigenvalue weighted by Crippen LogP contribution is 2.26. The Bertz CT molecular complexity index is 1080. The molecule has 0 bridgehead atoms. The zero-order chi connectivity index (χ0) is 19.8. The zero-order valence-corrected chi connectivity index (χ0v) is 16.2. The van der Waals surface area contributed by atoms with Crippen LogP contribution in [-0.4, -0.2) is 27.5 Å². The van der Waals surface area contributed by atoms with Crippen molar-refractivity contribution in [2.45, 2.75) is 32.6 Å². The van der Waals surface area contributed by atoms with E-state index in [4.69, 9.17) is 0 Å². The molecule has 2 aromatic carbocycles. The minimum absolute atomic E-state index is 0.116. The van der Waals surface area contributed by atoms with Gasteiger partial charge >= 0.3 is 0 Å². The third-order valence-electron chi connectivity index (χ3n) is 5.83. The van der Waals surface area contributed by atoms with Gasteiger partial charge in [0.1, 0.15) is 5.82 Å². The van der Waals surface area contributed by atoms with Crippen LogP contribution in [0.4, 0.5) is 10.3 Å². The van der Waals surface area contributed by atoms with Gasteiger partial charge in [-0.2, -0.15) is 4.98 Å². The Morgan fingerprint density at radius 2 is 1.66 bits per heavy atom. The summed E-state index contributed by atoms with van der Waals surface area (Å²) < 4.78 is 15.4. The van der Waals surface area contributed by atoms with Crippen molar-refractivity contribution in [3.8, 4) is 0 Å². The molecule has 0 saturated heterocycles. The molecule has 0 N–H and O–H groups in total. The minimum Gasteiger partial charge on any atom is -0.336 e. The molecule has 5 nitrogen and oxygen atoms in total. The van der Waals surface area contributed by atoms with Crippen LogP contribution >= 0.6 is 0 Å². The average Bonchev–Trinajstić information content (AvgIpc) is 3.13. The van der Waals surface area contributed by atoms with Crippen LogP contribution in [0.25, 0.3) is 0 Å². The molecule has 148 valence electrons. The maximum atomic E-state index is 13.2. The fourth-order valence-corrected chi connectivity index (χ4v) is 4.37. The zero-order valence-electron chi connectivity index (χ0n) is 16.2. The molecular formula is C23H23FN4O. The van der Waals surface area contributed by atoms with Crippen LogP contribution in [0.1, 0.15) is 22.4 Å². The highest BCUT2D eigenvalue weighted by atomic mass is 19.1. The highest BCUT2D eigenvalue weighted by molar-refractivity contribution is 5.41. The van der Waals surface area contributed by atoms with E-state index in [9.17, 15) is 9.18 Å². The first kappa shape index (κ1) is 18.1. The largest absolute Gasteiger partial charge is 0.336 e. The van der Waals surface area contributed by atoms with E-state index in [2.05, 4.69) is 31.5 Å². The predicted octanol–water partition coefficient (Wildman–Crippen LogP) is 2.96. The molecule has 0 fully saturated rings. The number of nitrogens with zero attached hydrogens (tertiary/aromatic N) is 4. The quantitative estimate of drug-likeness (QED) is 0.687. The van der Waals surface area contributed by atoms with Gasteiger partial charge in [0.15, 0.2) is 0 Å². The monoisotopic (exact) mass is 390 g/mol. The molecule has 0 amide bonds. The van der Waals surface area contributed by atoms with Crippen LogP contribution in [0.3, 0.4) is 0 Å². The van der Waals surface area contributed by atoms with Gasteiger partial charge in [-0.15, -0.1) is 0 Å². The topological polar surface area (TPSA) is 41.4 Å². The number of anilines is 1. The number of halogens is 1. The first-order valence-corrected chi connectivity index (χ1v) is 10.1. The molecule has 29 heavy (non-hydrogen) atoms. The maximum absolute atomic E-state index is 13.2. The summed E-state index contributed by atoms with van der Waals surface area (Å²) in [7, 11) is 0. The second kappa shape index (κ2) is 7.44. The summed E-state index contributed by atoms with van der Waals surface area (Å²) >= 11 is 0. The summed E-state index contributed by atoms with van der Waals surface area (Å²) in [5, 5.41) is 0. The summed E-state index contributed by atoms with van der Waals surface area (Å²) in [5.41, 5.74) is 4.12. The summed E-state index contributed by atoms with van der Waals surface area (Å²) in [4.78, 5) is 21.7. The van der Waals surface area contributed by atoms with Gasteiger partial charge in [-0.05, 0) is 23.3 Å². The Labute approximate surface area is 169 Å². The maximum Gasteiger partial charge on any atom is 0.279 e. The molecule has 6 heteroatoms. The lowest BCUT2D eigenvalue weighted by Gasteiger charge is -2.30. The molecule has 0 atom stereocenters. The van der Waals surface area contributed by atoms with Crippen molar-refractivity contribution >= 4 is 5.95 Å². The van der Waals surface area contributed by atoms with Crippen LogP contribution in [0.2, 0.25) is 0 Å². The van der Waals surface area contributed by atoms with E-state index in [1.807, 2.05) is 18.2 Å². The van der Waals surface area contributed by atoms with E-state index in [1.165, 1.54) is 17.7 Å². The normalized spacial score (nSPS) is 16.0. The van der Waals surface area contributed by atoms with Crippen molar-refractivity contribution in [2.24, 2.45) is 0 Å². The Kier molecular flexibility index (Phi) is 4.64. The van der Waals surface area contributed by atoms with Gasteiger partial charge in [0.2, 0.25) is 5.95 Å². The number of benzene rings is 2. The van der Waals surface area contributed by atoms with Gasteiger partial charge in [0.05, 0.1) is 5.56 Å². The predicted molar refractivity (Wildman–Crippen MR) is 110 cm³/mol. The third-order valence-corrected chi connectivity index (χ3v) is 5.83. The van der Waals surface area contributed by atoms with Gasteiger partial charge in [-0.25, -0.2) is 4.39 Å². The van der Waals surface area contributed by atoms with Crippen molar-refractivity contribution < 1.29 is 4.39 Å². The van der Waals surface area contributed by atoms with E-state index < -0.39 is 0 Å². The molecule has 2 aliphatic heterocycles. The Morgan fingerprint density at radius 3 is 2.45 bits per heavy atom. The van der Waals surface area contributed by atoms with E-state index >= 15 is 0 Å². The van der Waals surface area contributed by atoms with Crippen molar-refractivity contribution in [3.63, 3.8) is 0 Å². The standard InChI is InChI=1S/C23H23FN4O/c24-19-8-6-18(7-9-19)15-27-12-13-28-21-10-11-26(14-17-4-2-1-3-5-17)16-20(21)22(29)25-23(27)28/h1-9H,10-16H2. The smallest absolute Gasteiger partial charge is 0.279 e. The lowest BCUT2D eigenvalue weighted by atomic mass is 10.1. The fraction of sp³-hybridized carbons (Fsp3) is 0.304. The second-order valence-electron chi connectivity index (χ2n) is 7.79. The summed E-state index contributed by atoms with van der Waals surface area (Å²) in [6, 6.07) is 16.9. The molecule has 0 aliphatic carbocycles. The lowest BCUT2D eigenvalue weighted by Crippen LogP contribution is -2.37. The molecule has 0 spiro atoms. The molecule has 3 heterocycles. The number of hydrogen-bond acceptors (Lipinski definition) is 4. The van der Waals surface area contributed by atoms with Crippen LogP contribution in [0.5, 0.6) is 0 Å². The number of rotatable bonds is 4. The van der Waals surface area contributed by atoms with E-state index in [1.54, 1.807) is 12.1 Å². The molecule has 5 rings (SSSR count).